The zero-order valence-electron chi connectivity index (χ0n) is 13.4. The molecule has 1 aliphatic carbocycles. The highest BCUT2D eigenvalue weighted by Crippen LogP contribution is 2.38. The second-order valence-corrected chi connectivity index (χ2v) is 7.36. The zero-order valence-corrected chi connectivity index (χ0v) is 13.4. The molecule has 1 fully saturated rings. The Bertz CT molecular complexity index is 612. The molecule has 21 heavy (non-hydrogen) atoms. The summed E-state index contributed by atoms with van der Waals surface area (Å²) in [6.07, 6.45) is 5.81. The van der Waals surface area contributed by atoms with Gasteiger partial charge in [-0.05, 0) is 42.2 Å². The summed E-state index contributed by atoms with van der Waals surface area (Å²) >= 11 is 0. The van der Waals surface area contributed by atoms with Crippen LogP contribution in [0.25, 0.3) is 10.9 Å². The Kier molecular flexibility index (Phi) is 3.99. The molecular formula is C19H26N2. The molecule has 0 radical (unpaired) electrons. The van der Waals surface area contributed by atoms with E-state index in [2.05, 4.69) is 55.3 Å². The molecule has 0 aliphatic heterocycles. The minimum absolute atomic E-state index is 0.512. The van der Waals surface area contributed by atoms with Gasteiger partial charge in [-0.15, -0.1) is 0 Å². The Morgan fingerprint density at radius 3 is 2.86 bits per heavy atom. The van der Waals surface area contributed by atoms with Crippen molar-refractivity contribution in [1.29, 1.82) is 0 Å². The molecule has 112 valence electrons. The Labute approximate surface area is 128 Å². The van der Waals surface area contributed by atoms with Crippen LogP contribution in [0, 0.1) is 11.3 Å². The van der Waals surface area contributed by atoms with Crippen molar-refractivity contribution >= 4 is 10.9 Å². The number of nitrogens with one attached hydrogen (secondary N) is 1. The number of nitrogens with zero attached hydrogens (tertiary/aromatic N) is 1. The van der Waals surface area contributed by atoms with Gasteiger partial charge in [-0.3, -0.25) is 4.98 Å². The van der Waals surface area contributed by atoms with Crippen molar-refractivity contribution in [3.63, 3.8) is 0 Å². The Morgan fingerprint density at radius 2 is 2.05 bits per heavy atom. The topological polar surface area (TPSA) is 24.9 Å². The average molecular weight is 282 g/mol. The minimum Gasteiger partial charge on any atom is -0.310 e. The largest absolute Gasteiger partial charge is 0.310 e. The van der Waals surface area contributed by atoms with Gasteiger partial charge >= 0.3 is 0 Å². The normalized spacial score (nSPS) is 25.1. The SMILES string of the molecule is CC1CC(C)(C)CCC1NCc1cccc2cccnc12. The smallest absolute Gasteiger partial charge is 0.0746 e. The summed E-state index contributed by atoms with van der Waals surface area (Å²) in [5.74, 6) is 0.747. The maximum atomic E-state index is 4.55. The van der Waals surface area contributed by atoms with E-state index in [-0.39, 0.29) is 0 Å². The van der Waals surface area contributed by atoms with E-state index in [4.69, 9.17) is 0 Å². The van der Waals surface area contributed by atoms with Crippen molar-refractivity contribution in [2.45, 2.75) is 52.6 Å². The van der Waals surface area contributed by atoms with E-state index in [1.54, 1.807) is 0 Å². The molecule has 2 unspecified atom stereocenters. The van der Waals surface area contributed by atoms with E-state index in [1.807, 2.05) is 12.3 Å². The molecule has 1 N–H and O–H groups in total. The van der Waals surface area contributed by atoms with E-state index < -0.39 is 0 Å². The van der Waals surface area contributed by atoms with Crippen LogP contribution in [0.2, 0.25) is 0 Å². The summed E-state index contributed by atoms with van der Waals surface area (Å²) in [5, 5.41) is 5.01. The first kappa shape index (κ1) is 14.5. The highest BCUT2D eigenvalue weighted by Gasteiger charge is 2.31. The number of pyridine rings is 1. The number of hydrogen-bond donors (Lipinski definition) is 1. The molecule has 0 amide bonds. The number of aromatic nitrogens is 1. The molecule has 1 saturated carbocycles. The lowest BCUT2D eigenvalue weighted by Crippen LogP contribution is -2.41. The van der Waals surface area contributed by atoms with Crippen LogP contribution < -0.4 is 5.32 Å². The lowest BCUT2D eigenvalue weighted by atomic mass is 9.70. The summed E-state index contributed by atoms with van der Waals surface area (Å²) in [4.78, 5) is 4.55. The molecule has 2 nitrogen and oxygen atoms in total. The predicted octanol–water partition coefficient (Wildman–Crippen LogP) is 4.54. The first-order valence-electron chi connectivity index (χ1n) is 8.11. The quantitative estimate of drug-likeness (QED) is 0.894. The summed E-state index contributed by atoms with van der Waals surface area (Å²) in [5.41, 5.74) is 2.96. The number of para-hydroxylation sites is 1. The predicted molar refractivity (Wildman–Crippen MR) is 89.2 cm³/mol. The van der Waals surface area contributed by atoms with Crippen molar-refractivity contribution in [3.8, 4) is 0 Å². The highest BCUT2D eigenvalue weighted by molar-refractivity contribution is 5.81. The van der Waals surface area contributed by atoms with Crippen LogP contribution in [0.4, 0.5) is 0 Å². The lowest BCUT2D eigenvalue weighted by Gasteiger charge is -2.39. The van der Waals surface area contributed by atoms with Gasteiger partial charge in [0, 0.05) is 24.2 Å². The molecule has 0 saturated heterocycles. The third-order valence-electron chi connectivity index (χ3n) is 4.96. The molecule has 0 bridgehead atoms. The van der Waals surface area contributed by atoms with Gasteiger partial charge in [0.2, 0.25) is 0 Å². The molecule has 1 aromatic carbocycles. The second kappa shape index (κ2) is 5.76. The van der Waals surface area contributed by atoms with Crippen LogP contribution in [-0.4, -0.2) is 11.0 Å². The molecule has 2 heteroatoms. The Morgan fingerprint density at radius 1 is 1.24 bits per heavy atom. The highest BCUT2D eigenvalue weighted by atomic mass is 14.9. The van der Waals surface area contributed by atoms with E-state index in [0.717, 1.165) is 18.0 Å². The number of benzene rings is 1. The summed E-state index contributed by atoms with van der Waals surface area (Å²) in [6, 6.07) is 11.2. The number of fused-ring (bicyclic) bond motifs is 1. The minimum atomic E-state index is 0.512. The first-order valence-corrected chi connectivity index (χ1v) is 8.11. The van der Waals surface area contributed by atoms with Crippen molar-refractivity contribution in [2.75, 3.05) is 0 Å². The summed E-state index contributed by atoms with van der Waals surface area (Å²) in [7, 11) is 0. The first-order chi connectivity index (χ1) is 10.1. The fourth-order valence-electron chi connectivity index (χ4n) is 3.80. The Hall–Kier alpha value is -1.41. The molecule has 2 atom stereocenters. The maximum Gasteiger partial charge on any atom is 0.0746 e. The molecule has 2 aromatic rings. The molecule has 1 aromatic heterocycles. The van der Waals surface area contributed by atoms with Crippen LogP contribution in [0.15, 0.2) is 36.5 Å². The van der Waals surface area contributed by atoms with Crippen LogP contribution in [0.1, 0.15) is 45.6 Å². The van der Waals surface area contributed by atoms with Crippen molar-refractivity contribution < 1.29 is 0 Å². The van der Waals surface area contributed by atoms with Crippen molar-refractivity contribution in [3.05, 3.63) is 42.1 Å². The van der Waals surface area contributed by atoms with Gasteiger partial charge in [0.05, 0.1) is 5.52 Å². The van der Waals surface area contributed by atoms with Crippen LogP contribution in [0.3, 0.4) is 0 Å². The lowest BCUT2D eigenvalue weighted by molar-refractivity contribution is 0.148. The number of rotatable bonds is 3. The summed E-state index contributed by atoms with van der Waals surface area (Å²) < 4.78 is 0. The van der Waals surface area contributed by atoms with Crippen LogP contribution in [0.5, 0.6) is 0 Å². The molecular weight excluding hydrogens is 256 g/mol. The van der Waals surface area contributed by atoms with Gasteiger partial charge < -0.3 is 5.32 Å². The molecule has 1 aliphatic rings. The monoisotopic (exact) mass is 282 g/mol. The van der Waals surface area contributed by atoms with Crippen LogP contribution >= 0.6 is 0 Å². The fourth-order valence-corrected chi connectivity index (χ4v) is 3.80. The van der Waals surface area contributed by atoms with Gasteiger partial charge in [-0.2, -0.15) is 0 Å². The van der Waals surface area contributed by atoms with Gasteiger partial charge in [0.15, 0.2) is 0 Å². The standard InChI is InChI=1S/C19H26N2/c1-14-12-19(2,3)10-9-17(14)21-13-16-7-4-6-15-8-5-11-20-18(15)16/h4-8,11,14,17,21H,9-10,12-13H2,1-3H3. The fraction of sp³-hybridized carbons (Fsp3) is 0.526. The van der Waals surface area contributed by atoms with E-state index in [0.29, 0.717) is 11.5 Å². The zero-order chi connectivity index (χ0) is 14.9. The molecule has 0 spiro atoms. The van der Waals surface area contributed by atoms with Gasteiger partial charge in [0.25, 0.3) is 0 Å². The average Bonchev–Trinajstić information content (AvgIpc) is 2.46. The summed E-state index contributed by atoms with van der Waals surface area (Å²) in [6.45, 7) is 8.10. The maximum absolute atomic E-state index is 4.55. The Balaban J connectivity index is 1.70. The second-order valence-electron chi connectivity index (χ2n) is 7.36. The van der Waals surface area contributed by atoms with Gasteiger partial charge in [-0.1, -0.05) is 45.0 Å². The van der Waals surface area contributed by atoms with Crippen molar-refractivity contribution in [1.82, 2.24) is 10.3 Å². The van der Waals surface area contributed by atoms with Gasteiger partial charge in [-0.25, -0.2) is 0 Å². The third kappa shape index (κ3) is 3.26. The van der Waals surface area contributed by atoms with E-state index in [9.17, 15) is 0 Å². The molecule has 3 rings (SSSR count). The van der Waals surface area contributed by atoms with E-state index in [1.165, 1.54) is 30.2 Å². The van der Waals surface area contributed by atoms with Gasteiger partial charge in [0.1, 0.15) is 0 Å². The molecule has 1 heterocycles. The van der Waals surface area contributed by atoms with Crippen LogP contribution in [-0.2, 0) is 6.54 Å². The number of hydrogen-bond acceptors (Lipinski definition) is 2. The third-order valence-corrected chi connectivity index (χ3v) is 4.96. The van der Waals surface area contributed by atoms with E-state index >= 15 is 0 Å². The van der Waals surface area contributed by atoms with Crippen molar-refractivity contribution in [2.24, 2.45) is 11.3 Å².